The number of aryl methyl sites for hydroxylation is 2. The molecule has 0 radical (unpaired) electrons. The Kier molecular flexibility index (Phi) is 3.91. The van der Waals surface area contributed by atoms with Crippen LogP contribution in [0.15, 0.2) is 29.6 Å². The van der Waals surface area contributed by atoms with E-state index in [4.69, 9.17) is 11.6 Å². The molecule has 0 fully saturated rings. The molecule has 2 aromatic heterocycles. The third kappa shape index (κ3) is 2.97. The Morgan fingerprint density at radius 1 is 1.47 bits per heavy atom. The minimum atomic E-state index is -0.404. The van der Waals surface area contributed by atoms with Gasteiger partial charge in [0.2, 0.25) is 0 Å². The zero-order chi connectivity index (χ0) is 13.8. The minimum absolute atomic E-state index is 0.283. The molecule has 2 aromatic rings. The highest BCUT2D eigenvalue weighted by Crippen LogP contribution is 2.18. The van der Waals surface area contributed by atoms with Crippen LogP contribution in [0.2, 0.25) is 5.02 Å². The fraction of sp³-hybridized carbons (Fsp3) is 0.167. The molecule has 7 heteroatoms. The zero-order valence-electron chi connectivity index (χ0n) is 10.5. The first-order valence-corrected chi connectivity index (χ1v) is 5.90. The Morgan fingerprint density at radius 2 is 2.16 bits per heavy atom. The Hall–Kier alpha value is -2.21. The number of hydrazone groups is 1. The minimum Gasteiger partial charge on any atom is -0.266 e. The van der Waals surface area contributed by atoms with Gasteiger partial charge in [-0.15, -0.1) is 0 Å². The normalized spacial score (nSPS) is 10.9. The molecule has 1 amide bonds. The molecule has 0 aromatic carbocycles. The lowest BCUT2D eigenvalue weighted by Crippen LogP contribution is -2.21. The molecule has 0 spiro atoms. The second-order valence-corrected chi connectivity index (χ2v) is 4.23. The third-order valence-electron chi connectivity index (χ3n) is 2.45. The molecule has 19 heavy (non-hydrogen) atoms. The number of aromatic nitrogens is 3. The quantitative estimate of drug-likeness (QED) is 0.683. The van der Waals surface area contributed by atoms with Gasteiger partial charge in [0.25, 0.3) is 5.91 Å². The highest BCUT2D eigenvalue weighted by atomic mass is 35.5. The molecule has 0 atom stereocenters. The third-order valence-corrected chi connectivity index (χ3v) is 2.90. The lowest BCUT2D eigenvalue weighted by atomic mass is 10.3. The summed E-state index contributed by atoms with van der Waals surface area (Å²) in [5.41, 5.74) is 4.13. The van der Waals surface area contributed by atoms with E-state index in [-0.39, 0.29) is 5.69 Å². The Labute approximate surface area is 115 Å². The van der Waals surface area contributed by atoms with E-state index in [9.17, 15) is 4.79 Å². The van der Waals surface area contributed by atoms with Crippen molar-refractivity contribution in [2.45, 2.75) is 6.92 Å². The van der Waals surface area contributed by atoms with Gasteiger partial charge in [-0.3, -0.25) is 14.5 Å². The van der Waals surface area contributed by atoms with Gasteiger partial charge in [-0.2, -0.15) is 10.2 Å². The smallest absolute Gasteiger partial charge is 0.266 e. The largest absolute Gasteiger partial charge is 0.291 e. The highest BCUT2D eigenvalue weighted by Gasteiger charge is 2.17. The number of hydrogen-bond donors (Lipinski definition) is 1. The number of halogens is 1. The monoisotopic (exact) mass is 277 g/mol. The van der Waals surface area contributed by atoms with Gasteiger partial charge in [-0.25, -0.2) is 5.43 Å². The fourth-order valence-electron chi connectivity index (χ4n) is 1.55. The van der Waals surface area contributed by atoms with Gasteiger partial charge in [0.1, 0.15) is 5.69 Å². The molecule has 0 aliphatic carbocycles. The van der Waals surface area contributed by atoms with Crippen LogP contribution in [0, 0.1) is 6.92 Å². The number of nitrogens with one attached hydrogen (secondary N) is 1. The first-order valence-electron chi connectivity index (χ1n) is 5.52. The van der Waals surface area contributed by atoms with Crippen LogP contribution in [-0.2, 0) is 7.05 Å². The predicted molar refractivity (Wildman–Crippen MR) is 72.3 cm³/mol. The van der Waals surface area contributed by atoms with E-state index in [1.807, 2.05) is 0 Å². The lowest BCUT2D eigenvalue weighted by Gasteiger charge is -2.00. The van der Waals surface area contributed by atoms with Crippen LogP contribution in [0.5, 0.6) is 0 Å². The van der Waals surface area contributed by atoms with E-state index in [1.165, 1.54) is 10.9 Å². The molecule has 6 nitrogen and oxygen atoms in total. The van der Waals surface area contributed by atoms with Crippen molar-refractivity contribution in [1.29, 1.82) is 0 Å². The van der Waals surface area contributed by atoms with Crippen molar-refractivity contribution >= 4 is 23.7 Å². The molecule has 0 aliphatic rings. The van der Waals surface area contributed by atoms with Crippen LogP contribution in [0.25, 0.3) is 0 Å². The predicted octanol–water partition coefficient (Wildman–Crippen LogP) is 1.54. The number of nitrogens with zero attached hydrogens (tertiary/aromatic N) is 4. The summed E-state index contributed by atoms with van der Waals surface area (Å²) in [6, 6.07) is 3.55. The van der Waals surface area contributed by atoms with Gasteiger partial charge in [-0.05, 0) is 24.6 Å². The van der Waals surface area contributed by atoms with E-state index < -0.39 is 5.91 Å². The van der Waals surface area contributed by atoms with Gasteiger partial charge >= 0.3 is 0 Å². The molecule has 0 unspecified atom stereocenters. The maximum absolute atomic E-state index is 11.9. The van der Waals surface area contributed by atoms with Gasteiger partial charge < -0.3 is 0 Å². The molecule has 0 bridgehead atoms. The van der Waals surface area contributed by atoms with Crippen LogP contribution in [-0.4, -0.2) is 26.9 Å². The van der Waals surface area contributed by atoms with E-state index in [0.717, 1.165) is 5.56 Å². The Morgan fingerprint density at radius 3 is 2.74 bits per heavy atom. The van der Waals surface area contributed by atoms with Crippen molar-refractivity contribution in [2.24, 2.45) is 12.1 Å². The number of rotatable bonds is 3. The topological polar surface area (TPSA) is 72.2 Å². The summed E-state index contributed by atoms with van der Waals surface area (Å²) in [5.74, 6) is -0.404. The standard InChI is InChI=1S/C12H12ClN5O/c1-8-10(13)11(18(2)17-8)12(19)16-15-7-9-3-5-14-6-4-9/h3-7H,1-2H3,(H,16,19)/b15-7-. The van der Waals surface area contributed by atoms with E-state index >= 15 is 0 Å². The number of pyridine rings is 1. The molecule has 98 valence electrons. The van der Waals surface area contributed by atoms with Gasteiger partial charge in [0.15, 0.2) is 0 Å². The molecule has 1 N–H and O–H groups in total. The second-order valence-electron chi connectivity index (χ2n) is 3.85. The van der Waals surface area contributed by atoms with Crippen molar-refractivity contribution in [2.75, 3.05) is 0 Å². The summed E-state index contributed by atoms with van der Waals surface area (Å²) in [7, 11) is 1.65. The summed E-state index contributed by atoms with van der Waals surface area (Å²) >= 11 is 6.00. The molecule has 0 aliphatic heterocycles. The van der Waals surface area contributed by atoms with Crippen molar-refractivity contribution in [3.05, 3.63) is 46.5 Å². The molecule has 0 saturated carbocycles. The van der Waals surface area contributed by atoms with Crippen LogP contribution in [0.4, 0.5) is 0 Å². The second kappa shape index (κ2) is 5.62. The average molecular weight is 278 g/mol. The summed E-state index contributed by atoms with van der Waals surface area (Å²) < 4.78 is 1.43. The first kappa shape index (κ1) is 13.2. The highest BCUT2D eigenvalue weighted by molar-refractivity contribution is 6.34. The van der Waals surface area contributed by atoms with Gasteiger partial charge in [-0.1, -0.05) is 11.6 Å². The van der Waals surface area contributed by atoms with Gasteiger partial charge in [0, 0.05) is 19.4 Å². The molecule has 0 saturated heterocycles. The van der Waals surface area contributed by atoms with E-state index in [0.29, 0.717) is 10.7 Å². The average Bonchev–Trinajstić information content (AvgIpc) is 2.64. The summed E-state index contributed by atoms with van der Waals surface area (Å²) in [5, 5.41) is 8.25. The van der Waals surface area contributed by atoms with Crippen LogP contribution in [0.1, 0.15) is 21.7 Å². The molecule has 2 rings (SSSR count). The fourth-order valence-corrected chi connectivity index (χ4v) is 1.79. The van der Waals surface area contributed by atoms with E-state index in [1.54, 1.807) is 38.5 Å². The summed E-state index contributed by atoms with van der Waals surface area (Å²) in [6.07, 6.45) is 4.81. The lowest BCUT2D eigenvalue weighted by molar-refractivity contribution is 0.0946. The van der Waals surface area contributed by atoms with Crippen molar-refractivity contribution in [3.8, 4) is 0 Å². The summed E-state index contributed by atoms with van der Waals surface area (Å²) in [6.45, 7) is 1.74. The molecular weight excluding hydrogens is 266 g/mol. The number of amides is 1. The van der Waals surface area contributed by atoms with E-state index in [2.05, 4.69) is 20.6 Å². The van der Waals surface area contributed by atoms with Crippen molar-refractivity contribution in [1.82, 2.24) is 20.2 Å². The summed E-state index contributed by atoms with van der Waals surface area (Å²) in [4.78, 5) is 15.8. The van der Waals surface area contributed by atoms with Crippen LogP contribution >= 0.6 is 11.6 Å². The van der Waals surface area contributed by atoms with Crippen LogP contribution < -0.4 is 5.43 Å². The number of carbonyl (C=O) groups excluding carboxylic acids is 1. The van der Waals surface area contributed by atoms with Gasteiger partial charge in [0.05, 0.1) is 16.9 Å². The molecule has 2 heterocycles. The Bertz CT molecular complexity index is 621. The SMILES string of the molecule is Cc1nn(C)c(C(=O)N/N=C\c2ccncc2)c1Cl. The maximum atomic E-state index is 11.9. The first-order chi connectivity index (χ1) is 9.09. The zero-order valence-corrected chi connectivity index (χ0v) is 11.2. The molecular formula is C12H12ClN5O. The Balaban J connectivity index is 2.08. The number of hydrogen-bond acceptors (Lipinski definition) is 4. The van der Waals surface area contributed by atoms with Crippen LogP contribution in [0.3, 0.4) is 0 Å². The van der Waals surface area contributed by atoms with Crippen molar-refractivity contribution < 1.29 is 4.79 Å². The maximum Gasteiger partial charge on any atom is 0.291 e. The van der Waals surface area contributed by atoms with Crippen molar-refractivity contribution in [3.63, 3.8) is 0 Å². The number of carbonyl (C=O) groups is 1.